The number of benzene rings is 1. The SMILES string of the molecule is C=CCCCCCC(NC)c1ccc(C(C)(C)C)cc1. The summed E-state index contributed by atoms with van der Waals surface area (Å²) in [7, 11) is 2.06. The lowest BCUT2D eigenvalue weighted by atomic mass is 9.86. The van der Waals surface area contributed by atoms with Gasteiger partial charge in [0.25, 0.3) is 0 Å². The van der Waals surface area contributed by atoms with Crippen LogP contribution < -0.4 is 5.32 Å². The molecule has 1 heteroatoms. The standard InChI is InChI=1S/C19H31N/c1-6-7-8-9-10-11-18(20-5)16-12-14-17(15-13-16)19(2,3)4/h6,12-15,18,20H,1,7-11H2,2-5H3. The highest BCUT2D eigenvalue weighted by Gasteiger charge is 2.14. The lowest BCUT2D eigenvalue weighted by Gasteiger charge is -2.21. The van der Waals surface area contributed by atoms with Crippen LogP contribution in [0.15, 0.2) is 36.9 Å². The largest absolute Gasteiger partial charge is 0.313 e. The molecule has 0 heterocycles. The third kappa shape index (κ3) is 5.50. The minimum atomic E-state index is 0.234. The molecule has 20 heavy (non-hydrogen) atoms. The van der Waals surface area contributed by atoms with E-state index in [1.54, 1.807) is 0 Å². The van der Waals surface area contributed by atoms with Gasteiger partial charge in [0.05, 0.1) is 0 Å². The molecular formula is C19H31N. The highest BCUT2D eigenvalue weighted by atomic mass is 14.9. The Kier molecular flexibility index (Phi) is 7.01. The van der Waals surface area contributed by atoms with Gasteiger partial charge in [-0.2, -0.15) is 0 Å². The van der Waals surface area contributed by atoms with E-state index in [-0.39, 0.29) is 5.41 Å². The normalized spacial score (nSPS) is 13.2. The number of allylic oxidation sites excluding steroid dienone is 1. The summed E-state index contributed by atoms with van der Waals surface area (Å²) in [5.41, 5.74) is 3.05. The van der Waals surface area contributed by atoms with Crippen LogP contribution in [0.5, 0.6) is 0 Å². The molecule has 0 saturated heterocycles. The number of hydrogen-bond acceptors (Lipinski definition) is 1. The quantitative estimate of drug-likeness (QED) is 0.495. The van der Waals surface area contributed by atoms with Crippen LogP contribution in [0.4, 0.5) is 0 Å². The molecular weight excluding hydrogens is 242 g/mol. The molecule has 0 aromatic heterocycles. The van der Waals surface area contributed by atoms with E-state index in [1.807, 2.05) is 6.08 Å². The average Bonchev–Trinajstić information content (AvgIpc) is 2.42. The molecule has 1 aromatic carbocycles. The molecule has 1 atom stereocenters. The van der Waals surface area contributed by atoms with Crippen molar-refractivity contribution in [3.63, 3.8) is 0 Å². The predicted molar refractivity (Wildman–Crippen MR) is 90.2 cm³/mol. The molecule has 0 amide bonds. The molecule has 0 aliphatic heterocycles. The Morgan fingerprint density at radius 2 is 1.75 bits per heavy atom. The Morgan fingerprint density at radius 1 is 1.10 bits per heavy atom. The van der Waals surface area contributed by atoms with E-state index in [1.165, 1.54) is 36.8 Å². The summed E-state index contributed by atoms with van der Waals surface area (Å²) >= 11 is 0. The van der Waals surface area contributed by atoms with Gasteiger partial charge in [-0.15, -0.1) is 6.58 Å². The fraction of sp³-hybridized carbons (Fsp3) is 0.579. The zero-order chi connectivity index (χ0) is 15.0. The first kappa shape index (κ1) is 17.0. The van der Waals surface area contributed by atoms with Crippen molar-refractivity contribution in [1.82, 2.24) is 5.32 Å². The maximum absolute atomic E-state index is 3.77. The molecule has 1 N–H and O–H groups in total. The molecule has 0 saturated carbocycles. The van der Waals surface area contributed by atoms with Crippen LogP contribution in [-0.2, 0) is 5.41 Å². The summed E-state index contributed by atoms with van der Waals surface area (Å²) in [4.78, 5) is 0. The third-order valence-corrected chi connectivity index (χ3v) is 3.93. The van der Waals surface area contributed by atoms with E-state index in [2.05, 4.69) is 64.0 Å². The minimum Gasteiger partial charge on any atom is -0.313 e. The summed E-state index contributed by atoms with van der Waals surface area (Å²) in [6.07, 6.45) is 8.21. The van der Waals surface area contributed by atoms with Crippen LogP contribution in [0.2, 0.25) is 0 Å². The van der Waals surface area contributed by atoms with Crippen molar-refractivity contribution in [2.45, 2.75) is 64.3 Å². The van der Waals surface area contributed by atoms with Crippen molar-refractivity contribution in [3.8, 4) is 0 Å². The van der Waals surface area contributed by atoms with Crippen molar-refractivity contribution in [3.05, 3.63) is 48.0 Å². The van der Waals surface area contributed by atoms with E-state index in [0.717, 1.165) is 6.42 Å². The van der Waals surface area contributed by atoms with Gasteiger partial charge in [-0.05, 0) is 42.9 Å². The van der Waals surface area contributed by atoms with Crippen LogP contribution in [0.3, 0.4) is 0 Å². The Labute approximate surface area is 125 Å². The van der Waals surface area contributed by atoms with Gasteiger partial charge in [0, 0.05) is 6.04 Å². The maximum atomic E-state index is 3.77. The molecule has 0 radical (unpaired) electrons. The lowest BCUT2D eigenvalue weighted by Crippen LogP contribution is -2.17. The van der Waals surface area contributed by atoms with Gasteiger partial charge >= 0.3 is 0 Å². The Hall–Kier alpha value is -1.08. The van der Waals surface area contributed by atoms with Crippen molar-refractivity contribution in [1.29, 1.82) is 0 Å². The average molecular weight is 273 g/mol. The van der Waals surface area contributed by atoms with E-state index in [0.29, 0.717) is 6.04 Å². The number of hydrogen-bond donors (Lipinski definition) is 1. The third-order valence-electron chi connectivity index (χ3n) is 3.93. The van der Waals surface area contributed by atoms with Crippen LogP contribution in [0, 0.1) is 0 Å². The minimum absolute atomic E-state index is 0.234. The van der Waals surface area contributed by atoms with Crippen molar-refractivity contribution >= 4 is 0 Å². The molecule has 0 aliphatic rings. The molecule has 1 nitrogen and oxygen atoms in total. The summed E-state index contributed by atoms with van der Waals surface area (Å²) < 4.78 is 0. The Morgan fingerprint density at radius 3 is 2.25 bits per heavy atom. The van der Waals surface area contributed by atoms with Gasteiger partial charge in [0.1, 0.15) is 0 Å². The van der Waals surface area contributed by atoms with Gasteiger partial charge in [-0.1, -0.05) is 64.0 Å². The van der Waals surface area contributed by atoms with Crippen molar-refractivity contribution in [2.75, 3.05) is 7.05 Å². The first-order valence-electron chi connectivity index (χ1n) is 7.87. The van der Waals surface area contributed by atoms with E-state index < -0.39 is 0 Å². The van der Waals surface area contributed by atoms with Crippen molar-refractivity contribution < 1.29 is 0 Å². The first-order chi connectivity index (χ1) is 9.49. The lowest BCUT2D eigenvalue weighted by molar-refractivity contribution is 0.507. The molecule has 1 unspecified atom stereocenters. The van der Waals surface area contributed by atoms with Gasteiger partial charge < -0.3 is 5.32 Å². The van der Waals surface area contributed by atoms with Gasteiger partial charge in [-0.25, -0.2) is 0 Å². The fourth-order valence-electron chi connectivity index (χ4n) is 2.51. The van der Waals surface area contributed by atoms with Gasteiger partial charge in [0.2, 0.25) is 0 Å². The molecule has 1 rings (SSSR count). The zero-order valence-electron chi connectivity index (χ0n) is 13.7. The molecule has 112 valence electrons. The molecule has 0 spiro atoms. The predicted octanol–water partition coefficient (Wildman–Crippen LogP) is 5.38. The summed E-state index contributed by atoms with van der Waals surface area (Å²) in [5.74, 6) is 0. The second-order valence-electron chi connectivity index (χ2n) is 6.64. The number of rotatable bonds is 8. The van der Waals surface area contributed by atoms with E-state index >= 15 is 0 Å². The second-order valence-corrected chi connectivity index (χ2v) is 6.64. The molecule has 0 aliphatic carbocycles. The van der Waals surface area contributed by atoms with Crippen LogP contribution >= 0.6 is 0 Å². The van der Waals surface area contributed by atoms with Crippen LogP contribution in [0.25, 0.3) is 0 Å². The maximum Gasteiger partial charge on any atom is 0.0317 e. The molecule has 0 bridgehead atoms. The first-order valence-corrected chi connectivity index (χ1v) is 7.87. The van der Waals surface area contributed by atoms with E-state index in [9.17, 15) is 0 Å². The van der Waals surface area contributed by atoms with Crippen molar-refractivity contribution in [2.24, 2.45) is 0 Å². The summed E-state index contributed by atoms with van der Waals surface area (Å²) in [6, 6.07) is 9.60. The Bertz CT molecular complexity index is 383. The number of nitrogens with one attached hydrogen (secondary N) is 1. The molecule has 1 aromatic rings. The summed E-state index contributed by atoms with van der Waals surface area (Å²) in [5, 5.41) is 3.45. The topological polar surface area (TPSA) is 12.0 Å². The summed E-state index contributed by atoms with van der Waals surface area (Å²) in [6.45, 7) is 10.6. The highest BCUT2D eigenvalue weighted by molar-refractivity contribution is 5.29. The smallest absolute Gasteiger partial charge is 0.0317 e. The molecule has 0 fully saturated rings. The number of unbranched alkanes of at least 4 members (excludes halogenated alkanes) is 3. The monoisotopic (exact) mass is 273 g/mol. The van der Waals surface area contributed by atoms with Gasteiger partial charge in [-0.3, -0.25) is 0 Å². The zero-order valence-corrected chi connectivity index (χ0v) is 13.7. The van der Waals surface area contributed by atoms with Crippen LogP contribution in [-0.4, -0.2) is 7.05 Å². The Balaban J connectivity index is 2.54. The highest BCUT2D eigenvalue weighted by Crippen LogP contribution is 2.25. The van der Waals surface area contributed by atoms with Gasteiger partial charge in [0.15, 0.2) is 0 Å². The van der Waals surface area contributed by atoms with Crippen LogP contribution in [0.1, 0.15) is 70.0 Å². The van der Waals surface area contributed by atoms with E-state index in [4.69, 9.17) is 0 Å². The fourth-order valence-corrected chi connectivity index (χ4v) is 2.51. The second kappa shape index (κ2) is 8.26.